The summed E-state index contributed by atoms with van der Waals surface area (Å²) in [5.41, 5.74) is -0.377. The molecule has 10 nitrogen and oxygen atoms in total. The number of ether oxygens (including phenoxy) is 2. The molecule has 0 saturated carbocycles. The maximum atomic E-state index is 14.1. The first kappa shape index (κ1) is 25.0. The third-order valence-corrected chi connectivity index (χ3v) is 7.11. The Bertz CT molecular complexity index is 1480. The zero-order valence-electron chi connectivity index (χ0n) is 23.4. The van der Waals surface area contributed by atoms with Crippen molar-refractivity contribution >= 4 is 46.1 Å². The Morgan fingerprint density at radius 2 is 1.84 bits per heavy atom. The number of benzene rings is 1. The summed E-state index contributed by atoms with van der Waals surface area (Å²) in [5, 5.41) is 3.40. The Kier molecular flexibility index (Phi) is 7.90. The highest BCUT2D eigenvalue weighted by Crippen LogP contribution is 2.45. The van der Waals surface area contributed by atoms with E-state index in [1.807, 2.05) is 0 Å². The van der Waals surface area contributed by atoms with Gasteiger partial charge in [-0.2, -0.15) is 4.98 Å². The molecule has 3 heterocycles. The van der Waals surface area contributed by atoms with E-state index < -0.39 is 12.1 Å². The zero-order valence-corrected chi connectivity index (χ0v) is 22.9. The molecule has 202 valence electrons. The zero-order chi connectivity index (χ0) is 29.2. The lowest BCUT2D eigenvalue weighted by Gasteiger charge is -2.34. The highest BCUT2D eigenvalue weighted by molar-refractivity contribution is 6.41. The molecule has 1 aromatic carbocycles. The van der Waals surface area contributed by atoms with Gasteiger partial charge in [0.15, 0.2) is 0 Å². The topological polar surface area (TPSA) is 102 Å². The number of aromatic nitrogens is 3. The van der Waals surface area contributed by atoms with Crippen molar-refractivity contribution in [2.45, 2.75) is 12.9 Å². The first-order valence-electron chi connectivity index (χ1n) is 12.9. The SMILES string of the molecule is [2H]C([2H])(CCN1CCN(C(=O)C=C)CC1)n1c(=O)c(-c2c(Cl)c(OC)cc(OC)c2Cl)cc2cnc(NC)nc21. The van der Waals surface area contributed by atoms with E-state index in [2.05, 4.69) is 26.8 Å². The number of methoxy groups -OCH3 is 2. The maximum Gasteiger partial charge on any atom is 0.260 e. The first-order chi connectivity index (χ1) is 19.1. The number of anilines is 1. The average molecular weight is 563 g/mol. The molecule has 1 aliphatic rings. The van der Waals surface area contributed by atoms with Gasteiger partial charge in [0.25, 0.3) is 5.56 Å². The monoisotopic (exact) mass is 562 g/mol. The van der Waals surface area contributed by atoms with E-state index in [0.29, 0.717) is 38.1 Å². The van der Waals surface area contributed by atoms with Gasteiger partial charge >= 0.3 is 0 Å². The van der Waals surface area contributed by atoms with Crippen molar-refractivity contribution in [2.75, 3.05) is 59.3 Å². The number of fused-ring (bicyclic) bond motifs is 1. The number of hydrogen-bond acceptors (Lipinski definition) is 8. The highest BCUT2D eigenvalue weighted by atomic mass is 35.5. The molecule has 1 N–H and O–H groups in total. The van der Waals surface area contributed by atoms with Gasteiger partial charge in [0, 0.05) is 65.7 Å². The molecule has 0 aliphatic carbocycles. The predicted molar refractivity (Wildman–Crippen MR) is 150 cm³/mol. The van der Waals surface area contributed by atoms with E-state index in [4.69, 9.17) is 35.4 Å². The molecule has 3 aromatic rings. The second-order valence-corrected chi connectivity index (χ2v) is 9.24. The number of carbonyl (C=O) groups is 1. The quantitative estimate of drug-likeness (QED) is 0.395. The minimum absolute atomic E-state index is 0.0251. The van der Waals surface area contributed by atoms with Crippen molar-refractivity contribution < 1.29 is 17.0 Å². The summed E-state index contributed by atoms with van der Waals surface area (Å²) < 4.78 is 29.8. The van der Waals surface area contributed by atoms with Crippen LogP contribution in [-0.4, -0.2) is 84.2 Å². The van der Waals surface area contributed by atoms with Crippen LogP contribution in [0.4, 0.5) is 5.95 Å². The van der Waals surface area contributed by atoms with Crippen molar-refractivity contribution in [3.05, 3.63) is 51.4 Å². The van der Waals surface area contributed by atoms with E-state index >= 15 is 0 Å². The molecule has 1 aliphatic heterocycles. The number of pyridine rings is 1. The number of aryl methyl sites for hydroxylation is 1. The van der Waals surface area contributed by atoms with Gasteiger partial charge in [0.1, 0.15) is 17.1 Å². The molecule has 0 spiro atoms. The Morgan fingerprint density at radius 3 is 2.42 bits per heavy atom. The second kappa shape index (κ2) is 12.0. The average Bonchev–Trinajstić information content (AvgIpc) is 2.96. The van der Waals surface area contributed by atoms with Crippen molar-refractivity contribution in [3.8, 4) is 22.6 Å². The fourth-order valence-electron chi connectivity index (χ4n) is 4.31. The lowest BCUT2D eigenvalue weighted by molar-refractivity contribution is -0.127. The van der Waals surface area contributed by atoms with Crippen molar-refractivity contribution in [3.63, 3.8) is 0 Å². The van der Waals surface area contributed by atoms with Crippen LogP contribution in [0, 0.1) is 0 Å². The van der Waals surface area contributed by atoms with Crippen LogP contribution < -0.4 is 20.3 Å². The van der Waals surface area contributed by atoms with Crippen molar-refractivity contribution in [2.24, 2.45) is 0 Å². The summed E-state index contributed by atoms with van der Waals surface area (Å²) in [7, 11) is 4.48. The van der Waals surface area contributed by atoms with Crippen LogP contribution in [0.1, 0.15) is 9.16 Å². The number of nitrogens with zero attached hydrogens (tertiary/aromatic N) is 5. The Labute approximate surface area is 233 Å². The number of carbonyl (C=O) groups excluding carboxylic acids is 1. The van der Waals surface area contributed by atoms with E-state index in [9.17, 15) is 9.59 Å². The summed E-state index contributed by atoms with van der Waals surface area (Å²) >= 11 is 13.3. The van der Waals surface area contributed by atoms with Crippen LogP contribution >= 0.6 is 23.2 Å². The van der Waals surface area contributed by atoms with Gasteiger partial charge in [0.2, 0.25) is 11.9 Å². The molecule has 1 fully saturated rings. The van der Waals surface area contributed by atoms with Crippen LogP contribution in [0.5, 0.6) is 11.5 Å². The lowest BCUT2D eigenvalue weighted by atomic mass is 10.0. The van der Waals surface area contributed by atoms with Crippen molar-refractivity contribution in [1.29, 1.82) is 0 Å². The van der Waals surface area contributed by atoms with E-state index in [-0.39, 0.29) is 56.6 Å². The third kappa shape index (κ3) is 5.43. The number of nitrogens with one attached hydrogen (secondary N) is 1. The summed E-state index contributed by atoms with van der Waals surface area (Å²) in [6, 6.07) is 3.04. The standard InChI is InChI=1S/C26H30Cl2N6O4/c1-5-20(35)33-11-9-32(10-12-33)7-6-8-34-24-16(15-30-26(29-2)31-24)13-17(25(34)36)21-22(27)18(37-3)14-19(38-4)23(21)28/h5,13-15H,1,6-12H2,2-4H3,(H,29,30,31)/i8D2. The largest absolute Gasteiger partial charge is 0.495 e. The number of rotatable bonds is 9. The molecular weight excluding hydrogens is 531 g/mol. The Hall–Kier alpha value is -3.34. The number of amides is 1. The minimum Gasteiger partial charge on any atom is -0.495 e. The predicted octanol–water partition coefficient (Wildman–Crippen LogP) is 3.54. The van der Waals surface area contributed by atoms with Crippen LogP contribution in [0.2, 0.25) is 10.0 Å². The van der Waals surface area contributed by atoms with Crippen molar-refractivity contribution in [1.82, 2.24) is 24.3 Å². The first-order valence-corrected chi connectivity index (χ1v) is 12.7. The Balaban J connectivity index is 1.81. The molecule has 38 heavy (non-hydrogen) atoms. The molecule has 2 aromatic heterocycles. The molecule has 1 saturated heterocycles. The summed E-state index contributed by atoms with van der Waals surface area (Å²) in [6.07, 6.45) is 2.76. The van der Waals surface area contributed by atoms with Gasteiger partial charge in [0.05, 0.1) is 29.8 Å². The lowest BCUT2D eigenvalue weighted by Crippen LogP contribution is -2.48. The number of piperazine rings is 1. The van der Waals surface area contributed by atoms with Gasteiger partial charge in [-0.05, 0) is 25.1 Å². The molecule has 0 radical (unpaired) electrons. The maximum absolute atomic E-state index is 14.1. The summed E-state index contributed by atoms with van der Waals surface area (Å²) in [6.45, 7) is 3.89. The minimum atomic E-state index is -2.17. The molecule has 12 heteroatoms. The molecule has 0 unspecified atom stereocenters. The van der Waals surface area contributed by atoms with Gasteiger partial charge in [-0.3, -0.25) is 19.1 Å². The fourth-order valence-corrected chi connectivity index (χ4v) is 5.01. The van der Waals surface area contributed by atoms with Crippen LogP contribution in [0.3, 0.4) is 0 Å². The van der Waals surface area contributed by atoms with Crippen LogP contribution in [0.25, 0.3) is 22.2 Å². The van der Waals surface area contributed by atoms with Crippen LogP contribution in [0.15, 0.2) is 35.8 Å². The number of halogens is 2. The fraction of sp³-hybridized carbons (Fsp3) is 0.385. The van der Waals surface area contributed by atoms with Gasteiger partial charge < -0.3 is 19.7 Å². The summed E-state index contributed by atoms with van der Waals surface area (Å²) in [5.74, 6) is 0.577. The second-order valence-electron chi connectivity index (χ2n) is 8.48. The molecule has 0 bridgehead atoms. The highest BCUT2D eigenvalue weighted by Gasteiger charge is 2.24. The van der Waals surface area contributed by atoms with Crippen LogP contribution in [-0.2, 0) is 11.3 Å². The molecule has 0 atom stereocenters. The van der Waals surface area contributed by atoms with Gasteiger partial charge in [-0.1, -0.05) is 29.8 Å². The smallest absolute Gasteiger partial charge is 0.260 e. The number of hydrogen-bond donors (Lipinski definition) is 1. The third-order valence-electron chi connectivity index (χ3n) is 6.36. The van der Waals surface area contributed by atoms with E-state index in [1.165, 1.54) is 38.6 Å². The van der Waals surface area contributed by atoms with E-state index in [1.54, 1.807) is 11.9 Å². The van der Waals surface area contributed by atoms with Gasteiger partial charge in [-0.25, -0.2) is 4.98 Å². The molecular formula is C26H30Cl2N6O4. The molecule has 4 rings (SSSR count). The van der Waals surface area contributed by atoms with Gasteiger partial charge in [-0.15, -0.1) is 0 Å². The normalized spacial score (nSPS) is 15.1. The molecule has 1 amide bonds. The van der Waals surface area contributed by atoms with E-state index in [0.717, 1.165) is 4.57 Å². The Morgan fingerprint density at radius 1 is 1.18 bits per heavy atom. The summed E-state index contributed by atoms with van der Waals surface area (Å²) in [4.78, 5) is 38.4.